The Hall–Kier alpha value is -5.18. The molecule has 2 aliphatic carbocycles. The summed E-state index contributed by atoms with van der Waals surface area (Å²) in [5.41, 5.74) is 6.56. The molecule has 5 aliphatic rings. The van der Waals surface area contributed by atoms with Crippen molar-refractivity contribution in [3.05, 3.63) is 113 Å². The number of hydrogen-bond donors (Lipinski definition) is 2. The summed E-state index contributed by atoms with van der Waals surface area (Å²) in [5.74, 6) is -3.38. The Labute approximate surface area is 278 Å². The van der Waals surface area contributed by atoms with Crippen LogP contribution in [0.15, 0.2) is 96.3 Å². The Morgan fingerprint density at radius 2 is 1.71 bits per heavy atom. The zero-order valence-electron chi connectivity index (χ0n) is 26.9. The molecule has 2 saturated heterocycles. The van der Waals surface area contributed by atoms with Gasteiger partial charge in [-0.15, -0.1) is 0 Å². The molecule has 8 rings (SSSR count). The zero-order chi connectivity index (χ0) is 33.3. The molecular weight excluding hydrogens is 606 g/mol. The first-order chi connectivity index (χ1) is 23.2. The maximum Gasteiger partial charge on any atom is 0.260 e. The van der Waals surface area contributed by atoms with Gasteiger partial charge >= 0.3 is 0 Å². The summed E-state index contributed by atoms with van der Waals surface area (Å²) < 4.78 is 6.17. The number of benzene rings is 3. The Bertz CT molecular complexity index is 1920. The minimum atomic E-state index is -1.36. The second-order valence-corrected chi connectivity index (χ2v) is 13.7. The Morgan fingerprint density at radius 3 is 2.46 bits per heavy atom. The van der Waals surface area contributed by atoms with E-state index in [0.29, 0.717) is 42.8 Å². The number of ether oxygens (including phenoxy) is 1. The Kier molecular flexibility index (Phi) is 7.05. The summed E-state index contributed by atoms with van der Waals surface area (Å²) in [5, 5.41) is 11.5. The minimum Gasteiger partial charge on any atom is -0.508 e. The number of allylic oxidation sites excluding steroid dienone is 3. The maximum atomic E-state index is 15.2. The first-order valence-corrected chi connectivity index (χ1v) is 16.7. The van der Waals surface area contributed by atoms with Gasteiger partial charge in [0.05, 0.1) is 35.1 Å². The fraction of sp³-hybridized carbons (Fsp3) is 0.333. The molecule has 0 unspecified atom stereocenters. The summed E-state index contributed by atoms with van der Waals surface area (Å²) >= 11 is 0. The van der Waals surface area contributed by atoms with E-state index in [1.54, 1.807) is 24.5 Å². The molecular formula is C39H37N3O6. The third-order valence-electron chi connectivity index (χ3n) is 11.1. The molecule has 48 heavy (non-hydrogen) atoms. The van der Waals surface area contributed by atoms with Gasteiger partial charge < -0.3 is 9.84 Å². The van der Waals surface area contributed by atoms with Crippen LogP contribution >= 0.6 is 0 Å². The molecule has 0 spiro atoms. The molecule has 0 bridgehead atoms. The number of phenolic OH excluding ortho intramolecular Hbond substituents is 1. The molecule has 244 valence electrons. The standard InChI is InChI=1S/C39H37N3O6/c1-3-17-41-35(44)29-15-14-28-30(33(29)37(41)46)20-31-36(45)42(40-26-11-9-22(2)10-12-26)38(47)39(31,25-7-5-4-6-8-25)34(28)24-18-23-19-27(43)13-16-32(23)48-21-24/h4-14,16,19,21,29-31,33-34,40,43H,3,15,17-18,20H2,1-2H3/t29-,30+,31-,33-,34-,39+/m0/s1. The minimum absolute atomic E-state index is 0.0992. The van der Waals surface area contributed by atoms with E-state index in [2.05, 4.69) is 11.5 Å². The number of nitrogens with zero attached hydrogens (tertiary/aromatic N) is 2. The number of anilines is 1. The number of hydrazine groups is 1. The summed E-state index contributed by atoms with van der Waals surface area (Å²) in [7, 11) is 0. The molecule has 2 N–H and O–H groups in total. The van der Waals surface area contributed by atoms with Gasteiger partial charge in [-0.1, -0.05) is 66.6 Å². The van der Waals surface area contributed by atoms with E-state index < -0.39 is 35.0 Å². The van der Waals surface area contributed by atoms with E-state index in [1.807, 2.05) is 68.4 Å². The second-order valence-electron chi connectivity index (χ2n) is 13.7. The van der Waals surface area contributed by atoms with Crippen molar-refractivity contribution in [3.63, 3.8) is 0 Å². The third kappa shape index (κ3) is 4.29. The lowest BCUT2D eigenvalue weighted by atomic mass is 9.48. The first-order valence-electron chi connectivity index (χ1n) is 16.7. The molecule has 1 saturated carbocycles. The van der Waals surface area contributed by atoms with E-state index in [1.165, 1.54) is 9.91 Å². The number of nitrogens with one attached hydrogen (secondary N) is 1. The van der Waals surface area contributed by atoms with Gasteiger partial charge in [0, 0.05) is 24.4 Å². The predicted molar refractivity (Wildman–Crippen MR) is 177 cm³/mol. The summed E-state index contributed by atoms with van der Waals surface area (Å²) in [6.45, 7) is 4.27. The van der Waals surface area contributed by atoms with E-state index in [-0.39, 0.29) is 35.8 Å². The Morgan fingerprint density at radius 1 is 0.938 bits per heavy atom. The van der Waals surface area contributed by atoms with Crippen molar-refractivity contribution >= 4 is 29.3 Å². The summed E-state index contributed by atoms with van der Waals surface area (Å²) in [6.07, 6.45) is 5.40. The molecule has 3 aromatic rings. The predicted octanol–water partition coefficient (Wildman–Crippen LogP) is 5.45. The number of carbonyl (C=O) groups excluding carboxylic acids is 4. The molecule has 3 heterocycles. The second kappa shape index (κ2) is 11.2. The van der Waals surface area contributed by atoms with Crippen molar-refractivity contribution in [2.24, 2.45) is 29.6 Å². The topological polar surface area (TPSA) is 116 Å². The highest BCUT2D eigenvalue weighted by Gasteiger charge is 2.70. The summed E-state index contributed by atoms with van der Waals surface area (Å²) in [6, 6.07) is 21.9. The molecule has 4 amide bonds. The lowest BCUT2D eigenvalue weighted by molar-refractivity contribution is -0.141. The highest BCUT2D eigenvalue weighted by atomic mass is 16.5. The number of aryl methyl sites for hydroxylation is 1. The van der Waals surface area contributed by atoms with Gasteiger partial charge in [0.15, 0.2) is 0 Å². The number of imide groups is 2. The van der Waals surface area contributed by atoms with Crippen molar-refractivity contribution < 1.29 is 29.0 Å². The number of phenols is 1. The quantitative estimate of drug-likeness (QED) is 0.271. The lowest BCUT2D eigenvalue weighted by Crippen LogP contribution is -2.55. The average Bonchev–Trinajstić information content (AvgIpc) is 3.46. The fourth-order valence-corrected chi connectivity index (χ4v) is 9.07. The highest BCUT2D eigenvalue weighted by Crippen LogP contribution is 2.63. The van der Waals surface area contributed by atoms with Crippen LogP contribution in [0.4, 0.5) is 5.69 Å². The molecule has 6 atom stereocenters. The number of likely N-dealkylation sites (tertiary alicyclic amines) is 1. The van der Waals surface area contributed by atoms with Gasteiger partial charge in [-0.2, -0.15) is 5.01 Å². The zero-order valence-corrected chi connectivity index (χ0v) is 26.9. The van der Waals surface area contributed by atoms with Crippen LogP contribution in [0.1, 0.15) is 42.9 Å². The molecule has 9 nitrogen and oxygen atoms in total. The third-order valence-corrected chi connectivity index (χ3v) is 11.1. The normalized spacial score (nSPS) is 29.0. The van der Waals surface area contributed by atoms with Gasteiger partial charge in [0.1, 0.15) is 11.5 Å². The number of carbonyl (C=O) groups is 4. The highest BCUT2D eigenvalue weighted by molar-refractivity contribution is 6.13. The molecule has 9 heteroatoms. The van der Waals surface area contributed by atoms with Crippen molar-refractivity contribution in [1.29, 1.82) is 0 Å². The van der Waals surface area contributed by atoms with Crippen molar-refractivity contribution in [3.8, 4) is 11.5 Å². The van der Waals surface area contributed by atoms with Gasteiger partial charge in [-0.3, -0.25) is 29.5 Å². The average molecular weight is 644 g/mol. The van der Waals surface area contributed by atoms with Crippen LogP contribution in [0.5, 0.6) is 11.5 Å². The van der Waals surface area contributed by atoms with E-state index in [0.717, 1.165) is 22.3 Å². The molecule has 0 aromatic heterocycles. The summed E-state index contributed by atoms with van der Waals surface area (Å²) in [4.78, 5) is 58.9. The number of hydrogen-bond acceptors (Lipinski definition) is 7. The number of rotatable bonds is 6. The SMILES string of the molecule is CCCN1C(=O)[C@H]2[C@H](CC=C3[C@H](C4=COc5ccc(O)cc5C4)[C@]4(c5ccccc5)C(=O)N(Nc5ccc(C)cc5)C(=O)[C@@H]4C[C@H]32)C1=O. The molecule has 3 fully saturated rings. The van der Waals surface area contributed by atoms with E-state index >= 15 is 4.79 Å². The maximum absolute atomic E-state index is 15.2. The van der Waals surface area contributed by atoms with Crippen LogP contribution in [0.25, 0.3) is 0 Å². The van der Waals surface area contributed by atoms with Crippen molar-refractivity contribution in [2.45, 2.75) is 44.9 Å². The first kappa shape index (κ1) is 30.2. The van der Waals surface area contributed by atoms with Crippen molar-refractivity contribution in [1.82, 2.24) is 9.91 Å². The van der Waals surface area contributed by atoms with Gasteiger partial charge in [0.2, 0.25) is 11.8 Å². The Balaban J connectivity index is 1.32. The molecule has 3 aromatic carbocycles. The lowest BCUT2D eigenvalue weighted by Gasteiger charge is -2.51. The van der Waals surface area contributed by atoms with Crippen LogP contribution in [0.3, 0.4) is 0 Å². The van der Waals surface area contributed by atoms with Crippen LogP contribution < -0.4 is 10.2 Å². The number of fused-ring (bicyclic) bond motifs is 5. The molecule has 0 radical (unpaired) electrons. The smallest absolute Gasteiger partial charge is 0.260 e. The van der Waals surface area contributed by atoms with E-state index in [9.17, 15) is 19.5 Å². The van der Waals surface area contributed by atoms with Crippen LogP contribution in [-0.4, -0.2) is 45.2 Å². The number of aromatic hydroxyl groups is 1. The monoisotopic (exact) mass is 643 g/mol. The van der Waals surface area contributed by atoms with Crippen LogP contribution in [0, 0.1) is 36.5 Å². The fourth-order valence-electron chi connectivity index (χ4n) is 9.07. The van der Waals surface area contributed by atoms with E-state index in [4.69, 9.17) is 4.74 Å². The number of amides is 4. The van der Waals surface area contributed by atoms with Gasteiger partial charge in [0.25, 0.3) is 11.8 Å². The van der Waals surface area contributed by atoms with Crippen LogP contribution in [0.2, 0.25) is 0 Å². The van der Waals surface area contributed by atoms with Crippen LogP contribution in [-0.2, 0) is 31.0 Å². The van der Waals surface area contributed by atoms with Crippen molar-refractivity contribution in [2.75, 3.05) is 12.0 Å². The molecule has 3 aliphatic heterocycles. The largest absolute Gasteiger partial charge is 0.508 e. The van der Waals surface area contributed by atoms with Gasteiger partial charge in [-0.25, -0.2) is 0 Å². The van der Waals surface area contributed by atoms with Gasteiger partial charge in [-0.05, 0) is 73.6 Å².